The summed E-state index contributed by atoms with van der Waals surface area (Å²) in [7, 11) is 0. The van der Waals surface area contributed by atoms with Crippen molar-refractivity contribution in [2.75, 3.05) is 0 Å². The normalized spacial score (nSPS) is 11.2. The topological polar surface area (TPSA) is 84.6 Å². The van der Waals surface area contributed by atoms with E-state index in [1.807, 2.05) is 51.1 Å². The van der Waals surface area contributed by atoms with Crippen LogP contribution in [0.4, 0.5) is 0 Å². The van der Waals surface area contributed by atoms with E-state index in [0.29, 0.717) is 11.3 Å². The van der Waals surface area contributed by atoms with Crippen molar-refractivity contribution in [1.82, 2.24) is 14.6 Å². The summed E-state index contributed by atoms with van der Waals surface area (Å²) in [6.45, 7) is 5.98. The molecule has 3 aromatic rings. The molecule has 6 heteroatoms. The van der Waals surface area contributed by atoms with Crippen LogP contribution < -0.4 is 0 Å². The van der Waals surface area contributed by atoms with Gasteiger partial charge in [0, 0.05) is 17.7 Å². The van der Waals surface area contributed by atoms with Crippen molar-refractivity contribution in [2.24, 2.45) is 0 Å². The van der Waals surface area contributed by atoms with Crippen LogP contribution in [0.3, 0.4) is 0 Å². The van der Waals surface area contributed by atoms with E-state index >= 15 is 0 Å². The molecule has 0 spiro atoms. The van der Waals surface area contributed by atoms with Crippen LogP contribution in [0, 0.1) is 6.92 Å². The molecule has 0 aliphatic carbocycles. The molecule has 0 saturated carbocycles. The van der Waals surface area contributed by atoms with Crippen LogP contribution in [0.15, 0.2) is 36.4 Å². The number of hydrogen-bond donors (Lipinski definition) is 1. The maximum Gasteiger partial charge on any atom is 0.303 e. The van der Waals surface area contributed by atoms with Gasteiger partial charge in [-0.25, -0.2) is 9.50 Å². The van der Waals surface area contributed by atoms with Gasteiger partial charge in [-0.2, -0.15) is 5.10 Å². The number of carbonyl (C=O) groups excluding carboxylic acids is 1. The summed E-state index contributed by atoms with van der Waals surface area (Å²) in [5.74, 6) is -1.13. The molecule has 0 bridgehead atoms. The van der Waals surface area contributed by atoms with Crippen LogP contribution in [0.2, 0.25) is 0 Å². The Labute approximate surface area is 151 Å². The number of Topliss-reactive ketones (excluding diaryl/α,β-unsaturated/α-hetero) is 1. The van der Waals surface area contributed by atoms with Gasteiger partial charge in [0.15, 0.2) is 11.4 Å². The summed E-state index contributed by atoms with van der Waals surface area (Å²) in [6.07, 6.45) is -0.267. The molecule has 0 fully saturated rings. The van der Waals surface area contributed by atoms with Crippen molar-refractivity contribution >= 4 is 17.4 Å². The molecule has 0 amide bonds. The smallest absolute Gasteiger partial charge is 0.303 e. The highest BCUT2D eigenvalue weighted by Crippen LogP contribution is 2.29. The molecule has 0 atom stereocenters. The van der Waals surface area contributed by atoms with Gasteiger partial charge in [0.25, 0.3) is 0 Å². The summed E-state index contributed by atoms with van der Waals surface area (Å²) in [4.78, 5) is 27.8. The zero-order valence-electron chi connectivity index (χ0n) is 15.1. The number of ketones is 1. The molecule has 0 aliphatic heterocycles. The number of carbonyl (C=O) groups is 2. The number of fused-ring (bicyclic) bond motifs is 1. The molecule has 0 saturated heterocycles. The highest BCUT2D eigenvalue weighted by Gasteiger charge is 2.20. The summed E-state index contributed by atoms with van der Waals surface area (Å²) in [5, 5.41) is 13.5. The van der Waals surface area contributed by atoms with Gasteiger partial charge in [0.1, 0.15) is 5.69 Å². The third-order valence-corrected chi connectivity index (χ3v) is 4.30. The van der Waals surface area contributed by atoms with Crippen molar-refractivity contribution in [3.8, 4) is 11.1 Å². The van der Waals surface area contributed by atoms with Gasteiger partial charge in [0.2, 0.25) is 0 Å². The molecule has 6 nitrogen and oxygen atoms in total. The van der Waals surface area contributed by atoms with Crippen LogP contribution in [-0.4, -0.2) is 31.5 Å². The van der Waals surface area contributed by atoms with Crippen LogP contribution in [0.5, 0.6) is 0 Å². The Bertz CT molecular complexity index is 975. The van der Waals surface area contributed by atoms with Crippen molar-refractivity contribution in [3.05, 3.63) is 53.5 Å². The second-order valence-corrected chi connectivity index (χ2v) is 6.60. The number of nitrogens with zero attached hydrogens (tertiary/aromatic N) is 3. The number of benzene rings is 1. The van der Waals surface area contributed by atoms with Gasteiger partial charge in [-0.3, -0.25) is 9.59 Å². The second kappa shape index (κ2) is 7.07. The van der Waals surface area contributed by atoms with Crippen molar-refractivity contribution in [1.29, 1.82) is 0 Å². The number of aromatic nitrogens is 3. The number of carboxylic acids is 1. The van der Waals surface area contributed by atoms with Crippen molar-refractivity contribution in [2.45, 2.75) is 39.5 Å². The Morgan fingerprint density at radius 2 is 1.85 bits per heavy atom. The predicted molar refractivity (Wildman–Crippen MR) is 98.4 cm³/mol. The summed E-state index contributed by atoms with van der Waals surface area (Å²) in [5.41, 5.74) is 4.50. The zero-order valence-corrected chi connectivity index (χ0v) is 15.1. The van der Waals surface area contributed by atoms with Gasteiger partial charge in [0.05, 0.1) is 12.1 Å². The standard InChI is InChI=1S/C20H21N3O3/c1-12(2)16-11-15(17(24)9-10-18(25)26)21-20-19(13(3)22-23(16)20)14-7-5-4-6-8-14/h4-8,11-12H,9-10H2,1-3H3,(H,25,26). The van der Waals surface area contributed by atoms with Gasteiger partial charge in [-0.15, -0.1) is 0 Å². The first-order valence-corrected chi connectivity index (χ1v) is 8.59. The fourth-order valence-corrected chi connectivity index (χ4v) is 2.99. The lowest BCUT2D eigenvalue weighted by Crippen LogP contribution is -2.11. The lowest BCUT2D eigenvalue weighted by Gasteiger charge is -2.11. The second-order valence-electron chi connectivity index (χ2n) is 6.60. The van der Waals surface area contributed by atoms with E-state index in [9.17, 15) is 9.59 Å². The van der Waals surface area contributed by atoms with E-state index in [-0.39, 0.29) is 24.5 Å². The van der Waals surface area contributed by atoms with Crippen LogP contribution in [0.1, 0.15) is 54.5 Å². The molecule has 2 aromatic heterocycles. The van der Waals surface area contributed by atoms with E-state index in [4.69, 9.17) is 5.11 Å². The van der Waals surface area contributed by atoms with E-state index in [0.717, 1.165) is 22.5 Å². The Morgan fingerprint density at radius 3 is 2.46 bits per heavy atom. The minimum atomic E-state index is -0.992. The van der Waals surface area contributed by atoms with Gasteiger partial charge in [-0.1, -0.05) is 44.2 Å². The molecule has 1 N–H and O–H groups in total. The average Bonchev–Trinajstić information content (AvgIpc) is 2.94. The highest BCUT2D eigenvalue weighted by atomic mass is 16.4. The monoisotopic (exact) mass is 351 g/mol. The zero-order chi connectivity index (χ0) is 18.8. The Balaban J connectivity index is 2.20. The maximum absolute atomic E-state index is 12.5. The van der Waals surface area contributed by atoms with Crippen molar-refractivity contribution < 1.29 is 14.7 Å². The molecule has 26 heavy (non-hydrogen) atoms. The summed E-state index contributed by atoms with van der Waals surface area (Å²) in [6, 6.07) is 11.5. The molecule has 3 rings (SSSR count). The molecule has 0 radical (unpaired) electrons. The van der Waals surface area contributed by atoms with Crippen LogP contribution >= 0.6 is 0 Å². The SMILES string of the molecule is Cc1nn2c(C(C)C)cc(C(=O)CCC(=O)O)nc2c1-c1ccccc1. The molecule has 1 aromatic carbocycles. The lowest BCUT2D eigenvalue weighted by atomic mass is 10.0. The fourth-order valence-electron chi connectivity index (χ4n) is 2.99. The fraction of sp³-hybridized carbons (Fsp3) is 0.300. The van der Waals surface area contributed by atoms with Gasteiger partial charge < -0.3 is 5.11 Å². The van der Waals surface area contributed by atoms with Gasteiger partial charge >= 0.3 is 5.97 Å². The Hall–Kier alpha value is -3.02. The first kappa shape index (κ1) is 17.8. The van der Waals surface area contributed by atoms with E-state index in [2.05, 4.69) is 10.1 Å². The third kappa shape index (κ3) is 3.35. The van der Waals surface area contributed by atoms with E-state index in [1.54, 1.807) is 10.6 Å². The number of carboxylic acid groups (broad SMARTS) is 1. The summed E-state index contributed by atoms with van der Waals surface area (Å²) >= 11 is 0. The Kier molecular flexibility index (Phi) is 4.84. The first-order valence-electron chi connectivity index (χ1n) is 8.59. The molecular formula is C20H21N3O3. The third-order valence-electron chi connectivity index (χ3n) is 4.30. The molecule has 0 unspecified atom stereocenters. The lowest BCUT2D eigenvalue weighted by molar-refractivity contribution is -0.136. The van der Waals surface area contributed by atoms with Crippen molar-refractivity contribution in [3.63, 3.8) is 0 Å². The number of aryl methyl sites for hydroxylation is 1. The number of hydrogen-bond acceptors (Lipinski definition) is 4. The van der Waals surface area contributed by atoms with Gasteiger partial charge in [-0.05, 0) is 24.5 Å². The highest BCUT2D eigenvalue weighted by molar-refractivity contribution is 5.97. The average molecular weight is 351 g/mol. The largest absolute Gasteiger partial charge is 0.481 e. The predicted octanol–water partition coefficient (Wildman–Crippen LogP) is 3.88. The maximum atomic E-state index is 12.5. The minimum Gasteiger partial charge on any atom is -0.481 e. The molecule has 134 valence electrons. The number of aliphatic carboxylic acids is 1. The minimum absolute atomic E-state index is 0.0656. The molecule has 0 aliphatic rings. The molecular weight excluding hydrogens is 330 g/mol. The quantitative estimate of drug-likeness (QED) is 0.681. The Morgan fingerprint density at radius 1 is 1.15 bits per heavy atom. The van der Waals surface area contributed by atoms with E-state index in [1.165, 1.54) is 0 Å². The summed E-state index contributed by atoms with van der Waals surface area (Å²) < 4.78 is 1.79. The van der Waals surface area contributed by atoms with Crippen LogP contribution in [-0.2, 0) is 4.79 Å². The number of rotatable bonds is 6. The van der Waals surface area contributed by atoms with E-state index < -0.39 is 5.97 Å². The van der Waals surface area contributed by atoms with Crippen LogP contribution in [0.25, 0.3) is 16.8 Å². The molecule has 2 heterocycles. The first-order chi connectivity index (χ1) is 12.4.